The summed E-state index contributed by atoms with van der Waals surface area (Å²) in [6, 6.07) is 0. The van der Waals surface area contributed by atoms with Gasteiger partial charge in [-0.1, -0.05) is 13.8 Å². The first kappa shape index (κ1) is 15.4. The van der Waals surface area contributed by atoms with Gasteiger partial charge in [-0.05, 0) is 19.3 Å². The first-order chi connectivity index (χ1) is 8.93. The molecule has 1 atom stereocenters. The fourth-order valence-electron chi connectivity index (χ4n) is 1.70. The van der Waals surface area contributed by atoms with Crippen molar-refractivity contribution in [2.24, 2.45) is 5.92 Å². The molecule has 106 valence electrons. The molecule has 0 aromatic carbocycles. The SMILES string of the molecule is CCn1cc(C(=O)C(=O)NCC(O)CC(C)C)cn1. The molecule has 1 amide bonds. The van der Waals surface area contributed by atoms with Crippen molar-refractivity contribution in [1.82, 2.24) is 15.1 Å². The van der Waals surface area contributed by atoms with Gasteiger partial charge in [-0.15, -0.1) is 0 Å². The summed E-state index contributed by atoms with van der Waals surface area (Å²) in [6.07, 6.45) is 2.86. The van der Waals surface area contributed by atoms with Crippen molar-refractivity contribution in [3.05, 3.63) is 18.0 Å². The van der Waals surface area contributed by atoms with E-state index < -0.39 is 17.8 Å². The lowest BCUT2D eigenvalue weighted by molar-refractivity contribution is -0.117. The van der Waals surface area contributed by atoms with Gasteiger partial charge >= 0.3 is 0 Å². The molecule has 1 rings (SSSR count). The summed E-state index contributed by atoms with van der Waals surface area (Å²) in [6.45, 7) is 6.58. The molecular weight excluding hydrogens is 246 g/mol. The van der Waals surface area contributed by atoms with E-state index in [0.717, 1.165) is 0 Å². The van der Waals surface area contributed by atoms with E-state index in [-0.39, 0.29) is 12.1 Å². The van der Waals surface area contributed by atoms with Crippen LogP contribution in [-0.4, -0.2) is 39.2 Å². The highest BCUT2D eigenvalue weighted by atomic mass is 16.3. The quantitative estimate of drug-likeness (QED) is 0.560. The van der Waals surface area contributed by atoms with Crippen LogP contribution in [0.25, 0.3) is 0 Å². The van der Waals surface area contributed by atoms with Crippen LogP contribution < -0.4 is 5.32 Å². The van der Waals surface area contributed by atoms with Crippen molar-refractivity contribution in [2.75, 3.05) is 6.54 Å². The molecule has 19 heavy (non-hydrogen) atoms. The van der Waals surface area contributed by atoms with Gasteiger partial charge in [-0.3, -0.25) is 14.3 Å². The Balaban J connectivity index is 2.47. The number of aryl methyl sites for hydroxylation is 1. The van der Waals surface area contributed by atoms with Crippen LogP contribution in [0.4, 0.5) is 0 Å². The molecule has 0 saturated carbocycles. The van der Waals surface area contributed by atoms with Crippen molar-refractivity contribution in [2.45, 2.75) is 39.8 Å². The Kier molecular flexibility index (Phi) is 5.69. The van der Waals surface area contributed by atoms with Gasteiger partial charge in [-0.2, -0.15) is 5.10 Å². The molecule has 0 fully saturated rings. The maximum Gasteiger partial charge on any atom is 0.292 e. The second-order valence-electron chi connectivity index (χ2n) is 4.91. The van der Waals surface area contributed by atoms with E-state index in [1.165, 1.54) is 12.4 Å². The Hall–Kier alpha value is -1.69. The van der Waals surface area contributed by atoms with Crippen LogP contribution in [0.3, 0.4) is 0 Å². The summed E-state index contributed by atoms with van der Waals surface area (Å²) >= 11 is 0. The number of ketones is 1. The van der Waals surface area contributed by atoms with Crippen LogP contribution in [0, 0.1) is 5.92 Å². The highest BCUT2D eigenvalue weighted by molar-refractivity contribution is 6.42. The van der Waals surface area contributed by atoms with Crippen molar-refractivity contribution in [3.8, 4) is 0 Å². The molecule has 2 N–H and O–H groups in total. The smallest absolute Gasteiger partial charge is 0.292 e. The molecule has 1 unspecified atom stereocenters. The maximum atomic E-state index is 11.8. The summed E-state index contributed by atoms with van der Waals surface area (Å²) in [7, 11) is 0. The zero-order chi connectivity index (χ0) is 14.4. The predicted molar refractivity (Wildman–Crippen MR) is 70.7 cm³/mol. The molecule has 6 heteroatoms. The minimum atomic E-state index is -0.710. The molecule has 0 aliphatic rings. The van der Waals surface area contributed by atoms with E-state index in [1.54, 1.807) is 4.68 Å². The number of nitrogens with one attached hydrogen (secondary N) is 1. The number of nitrogens with zero attached hydrogens (tertiary/aromatic N) is 2. The average molecular weight is 267 g/mol. The van der Waals surface area contributed by atoms with E-state index >= 15 is 0 Å². The van der Waals surface area contributed by atoms with Gasteiger partial charge in [-0.25, -0.2) is 0 Å². The average Bonchev–Trinajstić information content (AvgIpc) is 2.82. The second kappa shape index (κ2) is 7.04. The van der Waals surface area contributed by atoms with Crippen molar-refractivity contribution in [3.63, 3.8) is 0 Å². The Morgan fingerprint density at radius 3 is 2.68 bits per heavy atom. The van der Waals surface area contributed by atoms with Gasteiger partial charge in [0.15, 0.2) is 0 Å². The molecule has 1 aromatic rings. The molecule has 0 radical (unpaired) electrons. The molecule has 6 nitrogen and oxygen atoms in total. The number of Topliss-reactive ketones (excluding diaryl/α,β-unsaturated/α-hetero) is 1. The Bertz CT molecular complexity index is 440. The molecule has 1 aromatic heterocycles. The predicted octanol–water partition coefficient (Wildman–Crippen LogP) is 0.609. The maximum absolute atomic E-state index is 11.8. The number of hydrogen-bond donors (Lipinski definition) is 2. The third-order valence-electron chi connectivity index (χ3n) is 2.67. The molecule has 0 spiro atoms. The van der Waals surface area contributed by atoms with Crippen LogP contribution in [0.2, 0.25) is 0 Å². The van der Waals surface area contributed by atoms with E-state index in [1.807, 2.05) is 20.8 Å². The van der Waals surface area contributed by atoms with Crippen molar-refractivity contribution in [1.29, 1.82) is 0 Å². The normalized spacial score (nSPS) is 12.5. The fraction of sp³-hybridized carbons (Fsp3) is 0.615. The molecule has 0 saturated heterocycles. The molecular formula is C13H21N3O3. The third kappa shape index (κ3) is 4.82. The monoisotopic (exact) mass is 267 g/mol. The van der Waals surface area contributed by atoms with Crippen LogP contribution in [-0.2, 0) is 11.3 Å². The highest BCUT2D eigenvalue weighted by Gasteiger charge is 2.18. The van der Waals surface area contributed by atoms with Gasteiger partial charge in [0.1, 0.15) is 0 Å². The highest BCUT2D eigenvalue weighted by Crippen LogP contribution is 2.04. The number of aliphatic hydroxyl groups excluding tert-OH is 1. The van der Waals surface area contributed by atoms with Gasteiger partial charge < -0.3 is 10.4 Å². The Labute approximate surface area is 112 Å². The van der Waals surface area contributed by atoms with Crippen LogP contribution in [0.15, 0.2) is 12.4 Å². The standard InChI is InChI=1S/C13H21N3O3/c1-4-16-8-10(6-15-16)12(18)13(19)14-7-11(17)5-9(2)3/h6,8-9,11,17H,4-5,7H2,1-3H3,(H,14,19). The number of rotatable bonds is 7. The van der Waals surface area contributed by atoms with Gasteiger partial charge in [0.2, 0.25) is 0 Å². The minimum absolute atomic E-state index is 0.0880. The summed E-state index contributed by atoms with van der Waals surface area (Å²) in [5.74, 6) is -1.000. The van der Waals surface area contributed by atoms with Crippen molar-refractivity contribution >= 4 is 11.7 Å². The summed E-state index contributed by atoms with van der Waals surface area (Å²) < 4.78 is 1.58. The lowest BCUT2D eigenvalue weighted by atomic mass is 10.1. The number of carbonyl (C=O) groups is 2. The topological polar surface area (TPSA) is 84.2 Å². The molecule has 0 bridgehead atoms. The lowest BCUT2D eigenvalue weighted by Crippen LogP contribution is -2.37. The molecule has 1 heterocycles. The first-order valence-electron chi connectivity index (χ1n) is 6.47. The first-order valence-corrected chi connectivity index (χ1v) is 6.47. The van der Waals surface area contributed by atoms with E-state index in [2.05, 4.69) is 10.4 Å². The Morgan fingerprint density at radius 1 is 1.47 bits per heavy atom. The number of carbonyl (C=O) groups excluding carboxylic acids is 2. The summed E-state index contributed by atoms with van der Waals surface area (Å²) in [4.78, 5) is 23.4. The Morgan fingerprint density at radius 2 is 2.16 bits per heavy atom. The van der Waals surface area contributed by atoms with Crippen LogP contribution in [0.5, 0.6) is 0 Å². The molecule has 0 aliphatic carbocycles. The van der Waals surface area contributed by atoms with E-state index in [0.29, 0.717) is 18.9 Å². The van der Waals surface area contributed by atoms with E-state index in [9.17, 15) is 14.7 Å². The van der Waals surface area contributed by atoms with Crippen LogP contribution >= 0.6 is 0 Å². The second-order valence-corrected chi connectivity index (χ2v) is 4.91. The van der Waals surface area contributed by atoms with Crippen molar-refractivity contribution < 1.29 is 14.7 Å². The largest absolute Gasteiger partial charge is 0.391 e. The number of hydrogen-bond acceptors (Lipinski definition) is 4. The summed E-state index contributed by atoms with van der Waals surface area (Å²) in [5.41, 5.74) is 0.262. The number of aliphatic hydroxyl groups is 1. The van der Waals surface area contributed by atoms with Gasteiger partial charge in [0.25, 0.3) is 11.7 Å². The van der Waals surface area contributed by atoms with Gasteiger partial charge in [0, 0.05) is 19.3 Å². The zero-order valence-electron chi connectivity index (χ0n) is 11.6. The number of aromatic nitrogens is 2. The fourth-order valence-corrected chi connectivity index (χ4v) is 1.70. The zero-order valence-corrected chi connectivity index (χ0v) is 11.6. The van der Waals surface area contributed by atoms with Gasteiger partial charge in [0.05, 0.1) is 17.9 Å². The van der Waals surface area contributed by atoms with Crippen LogP contribution in [0.1, 0.15) is 37.6 Å². The molecule has 0 aliphatic heterocycles. The third-order valence-corrected chi connectivity index (χ3v) is 2.67. The minimum Gasteiger partial charge on any atom is -0.391 e. The summed E-state index contributed by atoms with van der Waals surface area (Å²) in [5, 5.41) is 16.0. The number of amides is 1. The van der Waals surface area contributed by atoms with E-state index in [4.69, 9.17) is 0 Å². The lowest BCUT2D eigenvalue weighted by Gasteiger charge is -2.13.